The van der Waals surface area contributed by atoms with Crippen LogP contribution < -0.4 is 9.47 Å². The molecule has 0 spiro atoms. The highest BCUT2D eigenvalue weighted by Gasteiger charge is 2.25. The number of para-hydroxylation sites is 1. The molecule has 4 aromatic rings. The number of piperazine rings is 1. The molecule has 0 radical (unpaired) electrons. The zero-order chi connectivity index (χ0) is 23.8. The Morgan fingerprint density at radius 2 is 1.71 bits per heavy atom. The van der Waals surface area contributed by atoms with Crippen molar-refractivity contribution < 1.29 is 14.3 Å². The van der Waals surface area contributed by atoms with E-state index in [-0.39, 0.29) is 12.7 Å². The summed E-state index contributed by atoms with van der Waals surface area (Å²) in [5.74, 6) is 1.68. The molecule has 0 atom stereocenters. The number of aromatic nitrogens is 1. The van der Waals surface area contributed by atoms with E-state index >= 15 is 0 Å². The average Bonchev–Trinajstić information content (AvgIpc) is 3.36. The highest BCUT2D eigenvalue weighted by Crippen LogP contribution is 2.33. The fraction of sp³-hybridized carbons (Fsp3) is 0.241. The van der Waals surface area contributed by atoms with Crippen LogP contribution in [0.4, 0.5) is 0 Å². The summed E-state index contributed by atoms with van der Waals surface area (Å²) >= 11 is 0. The second-order valence-electron chi connectivity index (χ2n) is 9.20. The first-order chi connectivity index (χ1) is 17.1. The summed E-state index contributed by atoms with van der Waals surface area (Å²) < 4.78 is 10.9. The Morgan fingerprint density at radius 3 is 2.57 bits per heavy atom. The number of aryl methyl sites for hydroxylation is 1. The van der Waals surface area contributed by atoms with E-state index in [4.69, 9.17) is 14.5 Å². The van der Waals surface area contributed by atoms with Crippen molar-refractivity contribution in [2.24, 2.45) is 0 Å². The molecule has 6 rings (SSSR count). The predicted molar refractivity (Wildman–Crippen MR) is 136 cm³/mol. The number of amides is 1. The van der Waals surface area contributed by atoms with Crippen LogP contribution in [0.1, 0.15) is 21.5 Å². The van der Waals surface area contributed by atoms with Gasteiger partial charge in [0.25, 0.3) is 5.91 Å². The highest BCUT2D eigenvalue weighted by atomic mass is 16.7. The molecular weight excluding hydrogens is 438 g/mol. The summed E-state index contributed by atoms with van der Waals surface area (Å²) in [7, 11) is 0. The van der Waals surface area contributed by atoms with Gasteiger partial charge >= 0.3 is 0 Å². The van der Waals surface area contributed by atoms with Crippen molar-refractivity contribution >= 4 is 16.8 Å². The van der Waals surface area contributed by atoms with Gasteiger partial charge in [-0.1, -0.05) is 48.0 Å². The number of nitrogens with zero attached hydrogens (tertiary/aromatic N) is 3. The molecule has 0 aliphatic carbocycles. The minimum atomic E-state index is 0.0697. The second-order valence-corrected chi connectivity index (χ2v) is 9.20. The lowest BCUT2D eigenvalue weighted by Gasteiger charge is -2.35. The van der Waals surface area contributed by atoms with E-state index in [0.29, 0.717) is 13.1 Å². The third-order valence-corrected chi connectivity index (χ3v) is 6.76. The molecule has 1 aromatic heterocycles. The standard InChI is InChI=1S/C29H27N3O3/c1-20-5-4-6-22(15-20)26-17-24(23-7-2-3-8-25(23)30-26)29(33)32-13-11-31(12-14-32)18-21-9-10-27-28(16-21)35-19-34-27/h2-10,15-17H,11-14,18-19H2,1H3. The number of ether oxygens (including phenoxy) is 2. The summed E-state index contributed by atoms with van der Waals surface area (Å²) in [6.45, 7) is 6.23. The van der Waals surface area contributed by atoms with Crippen LogP contribution in [0.5, 0.6) is 11.5 Å². The molecule has 2 aliphatic heterocycles. The molecule has 6 nitrogen and oxygen atoms in total. The Morgan fingerprint density at radius 1 is 0.886 bits per heavy atom. The van der Waals surface area contributed by atoms with Gasteiger partial charge in [0.05, 0.1) is 16.8 Å². The third kappa shape index (κ3) is 4.33. The molecule has 1 fully saturated rings. The van der Waals surface area contributed by atoms with Crippen molar-refractivity contribution in [3.8, 4) is 22.8 Å². The van der Waals surface area contributed by atoms with Gasteiger partial charge in [0.15, 0.2) is 11.5 Å². The Balaban J connectivity index is 1.21. The van der Waals surface area contributed by atoms with Crippen molar-refractivity contribution in [2.45, 2.75) is 13.5 Å². The van der Waals surface area contributed by atoms with Gasteiger partial charge in [-0.05, 0) is 42.8 Å². The summed E-state index contributed by atoms with van der Waals surface area (Å²) in [4.78, 5) is 22.9. The maximum atomic E-state index is 13.7. The van der Waals surface area contributed by atoms with Crippen molar-refractivity contribution in [1.29, 1.82) is 0 Å². The summed E-state index contributed by atoms with van der Waals surface area (Å²) in [5.41, 5.74) is 5.78. The van der Waals surface area contributed by atoms with Gasteiger partial charge in [0.1, 0.15) is 0 Å². The number of carbonyl (C=O) groups excluding carboxylic acids is 1. The first-order valence-electron chi connectivity index (χ1n) is 12.0. The number of pyridine rings is 1. The molecule has 0 saturated carbocycles. The van der Waals surface area contributed by atoms with Crippen LogP contribution in [0.2, 0.25) is 0 Å². The topological polar surface area (TPSA) is 54.9 Å². The van der Waals surface area contributed by atoms with Crippen LogP contribution in [-0.4, -0.2) is 53.7 Å². The van der Waals surface area contributed by atoms with Crippen LogP contribution in [-0.2, 0) is 6.54 Å². The second kappa shape index (κ2) is 9.04. The van der Waals surface area contributed by atoms with Crippen molar-refractivity contribution in [1.82, 2.24) is 14.8 Å². The number of rotatable bonds is 4. The number of fused-ring (bicyclic) bond motifs is 2. The van der Waals surface area contributed by atoms with Gasteiger partial charge in [0.2, 0.25) is 6.79 Å². The highest BCUT2D eigenvalue weighted by molar-refractivity contribution is 6.07. The molecule has 6 heteroatoms. The molecular formula is C29H27N3O3. The molecule has 0 N–H and O–H groups in total. The fourth-order valence-corrected chi connectivity index (χ4v) is 4.88. The zero-order valence-corrected chi connectivity index (χ0v) is 19.7. The first kappa shape index (κ1) is 21.6. The third-order valence-electron chi connectivity index (χ3n) is 6.76. The Labute approximate surface area is 204 Å². The van der Waals surface area contributed by atoms with Gasteiger partial charge < -0.3 is 14.4 Å². The lowest BCUT2D eigenvalue weighted by molar-refractivity contribution is 0.0630. The predicted octanol–water partition coefficient (Wildman–Crippen LogP) is 4.90. The molecule has 0 bridgehead atoms. The maximum Gasteiger partial charge on any atom is 0.254 e. The average molecular weight is 466 g/mol. The number of hydrogen-bond acceptors (Lipinski definition) is 5. The van der Waals surface area contributed by atoms with Crippen LogP contribution in [0, 0.1) is 6.92 Å². The largest absolute Gasteiger partial charge is 0.454 e. The molecule has 0 unspecified atom stereocenters. The Hall–Kier alpha value is -3.90. The summed E-state index contributed by atoms with van der Waals surface area (Å²) in [6.07, 6.45) is 0. The molecule has 35 heavy (non-hydrogen) atoms. The molecule has 3 heterocycles. The number of carbonyl (C=O) groups is 1. The first-order valence-corrected chi connectivity index (χ1v) is 12.0. The number of hydrogen-bond donors (Lipinski definition) is 0. The van der Waals surface area contributed by atoms with Gasteiger partial charge in [-0.3, -0.25) is 9.69 Å². The van der Waals surface area contributed by atoms with Crippen molar-refractivity contribution in [2.75, 3.05) is 33.0 Å². The van der Waals surface area contributed by atoms with Gasteiger partial charge in [-0.15, -0.1) is 0 Å². The van der Waals surface area contributed by atoms with Crippen molar-refractivity contribution in [3.05, 3.63) is 89.5 Å². The van der Waals surface area contributed by atoms with E-state index in [1.165, 1.54) is 11.1 Å². The summed E-state index contributed by atoms with van der Waals surface area (Å²) in [6, 6.07) is 24.2. The van der Waals surface area contributed by atoms with Crippen LogP contribution in [0.15, 0.2) is 72.8 Å². The monoisotopic (exact) mass is 465 g/mol. The van der Waals surface area contributed by atoms with E-state index in [2.05, 4.69) is 36.1 Å². The smallest absolute Gasteiger partial charge is 0.254 e. The number of benzene rings is 3. The lowest BCUT2D eigenvalue weighted by atomic mass is 10.0. The van der Waals surface area contributed by atoms with Gasteiger partial charge in [-0.2, -0.15) is 0 Å². The van der Waals surface area contributed by atoms with E-state index in [1.807, 2.05) is 53.4 Å². The van der Waals surface area contributed by atoms with E-state index in [9.17, 15) is 4.79 Å². The quantitative estimate of drug-likeness (QED) is 0.429. The zero-order valence-electron chi connectivity index (χ0n) is 19.7. The SMILES string of the molecule is Cc1cccc(-c2cc(C(=O)N3CCN(Cc4ccc5c(c4)OCO5)CC3)c3ccccc3n2)c1. The normalized spacial score (nSPS) is 15.5. The maximum absolute atomic E-state index is 13.7. The van der Waals surface area contributed by atoms with Crippen LogP contribution in [0.3, 0.4) is 0 Å². The van der Waals surface area contributed by atoms with Gasteiger partial charge in [-0.25, -0.2) is 4.98 Å². The molecule has 1 saturated heterocycles. The van der Waals surface area contributed by atoms with E-state index < -0.39 is 0 Å². The molecule has 3 aromatic carbocycles. The van der Waals surface area contributed by atoms with Crippen molar-refractivity contribution in [3.63, 3.8) is 0 Å². The Kier molecular flexibility index (Phi) is 5.58. The van der Waals surface area contributed by atoms with Gasteiger partial charge in [0, 0.05) is 43.7 Å². The summed E-state index contributed by atoms with van der Waals surface area (Å²) in [5, 5.41) is 0.900. The molecule has 2 aliphatic rings. The minimum absolute atomic E-state index is 0.0697. The van der Waals surface area contributed by atoms with Crippen LogP contribution >= 0.6 is 0 Å². The lowest BCUT2D eigenvalue weighted by Crippen LogP contribution is -2.48. The van der Waals surface area contributed by atoms with E-state index in [0.717, 1.165) is 58.9 Å². The molecule has 176 valence electrons. The fourth-order valence-electron chi connectivity index (χ4n) is 4.88. The van der Waals surface area contributed by atoms with E-state index in [1.54, 1.807) is 0 Å². The minimum Gasteiger partial charge on any atom is -0.454 e. The van der Waals surface area contributed by atoms with Crippen LogP contribution in [0.25, 0.3) is 22.2 Å². The molecule has 1 amide bonds. The Bertz CT molecular complexity index is 1410.